The highest BCUT2D eigenvalue weighted by Crippen LogP contribution is 2.41. The Balaban J connectivity index is 2.08. The van der Waals surface area contributed by atoms with Crippen molar-refractivity contribution in [3.05, 3.63) is 23.8 Å². The van der Waals surface area contributed by atoms with E-state index >= 15 is 0 Å². The largest absolute Gasteiger partial charge is 0.490 e. The lowest BCUT2D eigenvalue weighted by Gasteiger charge is -2.21. The van der Waals surface area contributed by atoms with Gasteiger partial charge in [0.05, 0.1) is 17.2 Å². The Morgan fingerprint density at radius 2 is 2.04 bits per heavy atom. The summed E-state index contributed by atoms with van der Waals surface area (Å²) < 4.78 is 49.4. The van der Waals surface area contributed by atoms with Gasteiger partial charge in [-0.1, -0.05) is 6.07 Å². The average molecular weight is 360 g/mol. The Kier molecular flexibility index (Phi) is 5.15. The van der Waals surface area contributed by atoms with Crippen LogP contribution in [0.1, 0.15) is 26.3 Å². The van der Waals surface area contributed by atoms with Crippen LogP contribution in [0, 0.1) is 5.92 Å². The Bertz CT molecular complexity index is 668. The number of ether oxygens (including phenoxy) is 2. The van der Waals surface area contributed by atoms with Crippen molar-refractivity contribution in [2.24, 2.45) is 5.92 Å². The second kappa shape index (κ2) is 6.81. The number of hydrogen-bond acceptors (Lipinski definition) is 4. The van der Waals surface area contributed by atoms with Gasteiger partial charge in [0.25, 0.3) is 0 Å². The van der Waals surface area contributed by atoms with Crippen LogP contribution >= 0.6 is 0 Å². The van der Waals surface area contributed by atoms with E-state index in [4.69, 9.17) is 9.47 Å². The molecule has 1 aliphatic heterocycles. The molecule has 1 unspecified atom stereocenters. The lowest BCUT2D eigenvalue weighted by molar-refractivity contribution is -0.138. The third-order valence-corrected chi connectivity index (χ3v) is 3.27. The van der Waals surface area contributed by atoms with Crippen LogP contribution in [0.15, 0.2) is 18.2 Å². The van der Waals surface area contributed by atoms with Gasteiger partial charge in [-0.15, -0.1) is 0 Å². The molecule has 0 saturated carbocycles. The van der Waals surface area contributed by atoms with E-state index in [-0.39, 0.29) is 18.8 Å². The fraction of sp³-hybridized carbons (Fsp3) is 0.500. The van der Waals surface area contributed by atoms with Crippen LogP contribution in [0.25, 0.3) is 0 Å². The number of para-hydroxylation sites is 1. The van der Waals surface area contributed by atoms with Crippen molar-refractivity contribution in [3.63, 3.8) is 0 Å². The molecule has 2 N–H and O–H groups in total. The molecule has 2 amide bonds. The monoisotopic (exact) mass is 360 g/mol. The summed E-state index contributed by atoms with van der Waals surface area (Å²) in [6, 6.07) is 3.39. The molecule has 0 fully saturated rings. The summed E-state index contributed by atoms with van der Waals surface area (Å²) in [6.07, 6.45) is -5.33. The number of hydrogen-bond donors (Lipinski definition) is 2. The molecule has 6 nitrogen and oxygen atoms in total. The number of carbonyl (C=O) groups excluding carboxylic acids is 2. The first-order valence-corrected chi connectivity index (χ1v) is 7.58. The summed E-state index contributed by atoms with van der Waals surface area (Å²) in [5.41, 5.74) is -1.73. The molecule has 0 aromatic heterocycles. The molecule has 1 aromatic carbocycles. The summed E-state index contributed by atoms with van der Waals surface area (Å²) >= 11 is 0. The van der Waals surface area contributed by atoms with E-state index in [0.29, 0.717) is 0 Å². The number of alkyl halides is 3. The topological polar surface area (TPSA) is 76.7 Å². The van der Waals surface area contributed by atoms with Crippen LogP contribution in [0.3, 0.4) is 0 Å². The van der Waals surface area contributed by atoms with Crippen molar-refractivity contribution >= 4 is 17.7 Å². The van der Waals surface area contributed by atoms with Gasteiger partial charge in [-0.25, -0.2) is 4.79 Å². The summed E-state index contributed by atoms with van der Waals surface area (Å²) in [5.74, 6) is -1.83. The number of rotatable bonds is 2. The van der Waals surface area contributed by atoms with E-state index in [1.807, 2.05) is 0 Å². The molecule has 1 atom stereocenters. The molecule has 25 heavy (non-hydrogen) atoms. The lowest BCUT2D eigenvalue weighted by atomic mass is 10.1. The van der Waals surface area contributed by atoms with Gasteiger partial charge in [-0.2, -0.15) is 13.2 Å². The van der Waals surface area contributed by atoms with Crippen LogP contribution in [-0.2, 0) is 15.7 Å². The average Bonchev–Trinajstić information content (AvgIpc) is 2.60. The van der Waals surface area contributed by atoms with Gasteiger partial charge in [0.15, 0.2) is 5.75 Å². The smallest absolute Gasteiger partial charge is 0.420 e. The minimum atomic E-state index is -4.61. The van der Waals surface area contributed by atoms with Crippen molar-refractivity contribution in [2.75, 3.05) is 18.5 Å². The first-order chi connectivity index (χ1) is 11.5. The van der Waals surface area contributed by atoms with Crippen molar-refractivity contribution in [3.8, 4) is 5.75 Å². The Morgan fingerprint density at radius 3 is 2.64 bits per heavy atom. The molecule has 1 aliphatic rings. The second-order valence-corrected chi connectivity index (χ2v) is 6.56. The molecule has 9 heteroatoms. The third-order valence-electron chi connectivity index (χ3n) is 3.27. The molecule has 0 aliphatic carbocycles. The van der Waals surface area contributed by atoms with E-state index in [9.17, 15) is 22.8 Å². The van der Waals surface area contributed by atoms with Gasteiger partial charge < -0.3 is 20.1 Å². The Labute approximate surface area is 142 Å². The van der Waals surface area contributed by atoms with Crippen molar-refractivity contribution in [2.45, 2.75) is 32.5 Å². The highest BCUT2D eigenvalue weighted by atomic mass is 19.4. The molecule has 0 bridgehead atoms. The molecule has 0 spiro atoms. The maximum Gasteiger partial charge on any atom is 0.420 e. The number of alkyl carbamates (subject to hydrolysis) is 1. The van der Waals surface area contributed by atoms with Crippen LogP contribution in [0.4, 0.5) is 23.7 Å². The zero-order valence-electron chi connectivity index (χ0n) is 14.0. The summed E-state index contributed by atoms with van der Waals surface area (Å²) in [6.45, 7) is 4.62. The van der Waals surface area contributed by atoms with Crippen molar-refractivity contribution < 1.29 is 32.2 Å². The van der Waals surface area contributed by atoms with E-state index in [1.54, 1.807) is 20.8 Å². The van der Waals surface area contributed by atoms with Gasteiger partial charge in [-0.3, -0.25) is 4.79 Å². The highest BCUT2D eigenvalue weighted by molar-refractivity contribution is 5.95. The molecular formula is C16H19F3N2O4. The van der Waals surface area contributed by atoms with Gasteiger partial charge in [0.1, 0.15) is 12.2 Å². The number of amides is 2. The lowest BCUT2D eigenvalue weighted by Crippen LogP contribution is -2.40. The highest BCUT2D eigenvalue weighted by Gasteiger charge is 2.37. The first kappa shape index (κ1) is 18.9. The molecule has 0 saturated heterocycles. The standard InChI is InChI=1S/C16H19F3N2O4/c1-15(2,3)25-14(23)20-7-9-8-24-12-10(16(17,18)19)5-4-6-11(12)21-13(9)22/h4-6,9H,7-8H2,1-3H3,(H,20,23)(H,21,22). The number of fused-ring (bicyclic) bond motifs is 1. The van der Waals surface area contributed by atoms with Gasteiger partial charge >= 0.3 is 12.3 Å². The number of anilines is 1. The predicted molar refractivity (Wildman–Crippen MR) is 83.3 cm³/mol. The summed E-state index contributed by atoms with van der Waals surface area (Å²) in [7, 11) is 0. The minimum absolute atomic E-state index is 0.0559. The number of carbonyl (C=O) groups is 2. The van der Waals surface area contributed by atoms with E-state index in [1.165, 1.54) is 12.1 Å². The second-order valence-electron chi connectivity index (χ2n) is 6.56. The van der Waals surface area contributed by atoms with Gasteiger partial charge in [-0.05, 0) is 32.9 Å². The molecular weight excluding hydrogens is 341 g/mol. The fourth-order valence-corrected chi connectivity index (χ4v) is 2.18. The maximum atomic E-state index is 13.0. The number of halogens is 3. The Morgan fingerprint density at radius 1 is 1.36 bits per heavy atom. The van der Waals surface area contributed by atoms with Crippen LogP contribution in [0.2, 0.25) is 0 Å². The molecule has 2 rings (SSSR count). The Hall–Kier alpha value is -2.45. The quantitative estimate of drug-likeness (QED) is 0.849. The predicted octanol–water partition coefficient (Wildman–Crippen LogP) is 3.18. The SMILES string of the molecule is CC(C)(C)OC(=O)NCC1COc2c(cccc2C(F)(F)F)NC1=O. The van der Waals surface area contributed by atoms with E-state index < -0.39 is 41.0 Å². The molecule has 138 valence electrons. The molecule has 0 radical (unpaired) electrons. The zero-order valence-corrected chi connectivity index (χ0v) is 14.0. The number of benzene rings is 1. The normalized spacial score (nSPS) is 17.7. The fourth-order valence-electron chi connectivity index (χ4n) is 2.18. The van der Waals surface area contributed by atoms with Gasteiger partial charge in [0.2, 0.25) is 5.91 Å². The first-order valence-electron chi connectivity index (χ1n) is 7.58. The summed E-state index contributed by atoms with van der Waals surface area (Å²) in [4.78, 5) is 23.8. The van der Waals surface area contributed by atoms with E-state index in [2.05, 4.69) is 10.6 Å². The minimum Gasteiger partial charge on any atom is -0.490 e. The molecule has 1 aromatic rings. The van der Waals surface area contributed by atoms with Crippen molar-refractivity contribution in [1.29, 1.82) is 0 Å². The number of nitrogens with one attached hydrogen (secondary N) is 2. The zero-order chi connectivity index (χ0) is 18.8. The summed E-state index contributed by atoms with van der Waals surface area (Å²) in [5, 5.41) is 4.82. The molecule has 1 heterocycles. The van der Waals surface area contributed by atoms with Crippen molar-refractivity contribution in [1.82, 2.24) is 5.32 Å². The maximum absolute atomic E-state index is 13.0. The third kappa shape index (κ3) is 5.01. The van der Waals surface area contributed by atoms with E-state index in [0.717, 1.165) is 6.07 Å². The van der Waals surface area contributed by atoms with Crippen LogP contribution in [-0.4, -0.2) is 30.8 Å². The van der Waals surface area contributed by atoms with Crippen LogP contribution in [0.5, 0.6) is 5.75 Å². The van der Waals surface area contributed by atoms with Gasteiger partial charge in [0, 0.05) is 6.54 Å². The van der Waals surface area contributed by atoms with Crippen LogP contribution < -0.4 is 15.4 Å².